The van der Waals surface area contributed by atoms with E-state index >= 15 is 0 Å². The van der Waals surface area contributed by atoms with Gasteiger partial charge in [0.2, 0.25) is 5.91 Å². The average molecular weight is 528 g/mol. The Hall–Kier alpha value is -1.59. The molecule has 9 heteroatoms. The van der Waals surface area contributed by atoms with E-state index in [-0.39, 0.29) is 12.5 Å². The molecule has 0 saturated carbocycles. The highest BCUT2D eigenvalue weighted by atomic mass is 16.7. The van der Waals surface area contributed by atoms with Crippen LogP contribution in [-0.2, 0) is 14.3 Å². The monoisotopic (exact) mass is 527 g/mol. The highest BCUT2D eigenvalue weighted by Crippen LogP contribution is 2.22. The number of amides is 1. The van der Waals surface area contributed by atoms with E-state index in [2.05, 4.69) is 36.5 Å². The van der Waals surface area contributed by atoms with Crippen LogP contribution in [0.5, 0.6) is 0 Å². The second kappa shape index (κ2) is 20.4. The largest absolute Gasteiger partial charge is 0.394 e. The Labute approximate surface area is 221 Å². The van der Waals surface area contributed by atoms with Gasteiger partial charge in [-0.15, -0.1) is 0 Å². The van der Waals surface area contributed by atoms with Gasteiger partial charge in [-0.1, -0.05) is 69.1 Å². The fourth-order valence-corrected chi connectivity index (χ4v) is 3.98. The molecule has 214 valence electrons. The fraction of sp³-hybridized carbons (Fsp3) is 0.750. The van der Waals surface area contributed by atoms with Crippen molar-refractivity contribution in [3.63, 3.8) is 0 Å². The highest BCUT2D eigenvalue weighted by Gasteiger charge is 2.44. The summed E-state index contributed by atoms with van der Waals surface area (Å²) in [5.41, 5.74) is 0. The molecule has 0 aromatic carbocycles. The van der Waals surface area contributed by atoms with Crippen molar-refractivity contribution >= 4 is 5.91 Å². The quantitative estimate of drug-likeness (QED) is 0.111. The van der Waals surface area contributed by atoms with Crippen molar-refractivity contribution in [1.82, 2.24) is 5.32 Å². The van der Waals surface area contributed by atoms with Crippen LogP contribution in [0, 0.1) is 0 Å². The Bertz CT molecular complexity index is 681. The summed E-state index contributed by atoms with van der Waals surface area (Å²) in [7, 11) is 0. The van der Waals surface area contributed by atoms with Crippen molar-refractivity contribution in [2.75, 3.05) is 13.2 Å². The van der Waals surface area contributed by atoms with Crippen molar-refractivity contribution in [2.45, 2.75) is 121 Å². The molecule has 1 fully saturated rings. The lowest BCUT2D eigenvalue weighted by Crippen LogP contribution is -2.60. The first-order valence-electron chi connectivity index (χ1n) is 13.7. The van der Waals surface area contributed by atoms with Gasteiger partial charge in [0.05, 0.1) is 25.4 Å². The van der Waals surface area contributed by atoms with E-state index in [9.17, 15) is 30.3 Å². The van der Waals surface area contributed by atoms with Gasteiger partial charge in [0.15, 0.2) is 6.29 Å². The zero-order valence-corrected chi connectivity index (χ0v) is 22.5. The van der Waals surface area contributed by atoms with Crippen molar-refractivity contribution in [2.24, 2.45) is 0 Å². The van der Waals surface area contributed by atoms with Crippen LogP contribution < -0.4 is 5.32 Å². The average Bonchev–Trinajstić information content (AvgIpc) is 2.88. The number of rotatable bonds is 19. The second-order valence-corrected chi connectivity index (χ2v) is 9.56. The maximum Gasteiger partial charge on any atom is 0.217 e. The molecule has 7 atom stereocenters. The summed E-state index contributed by atoms with van der Waals surface area (Å²) >= 11 is 0. The Morgan fingerprint density at radius 3 is 2.08 bits per heavy atom. The molecular weight excluding hydrogens is 478 g/mol. The summed E-state index contributed by atoms with van der Waals surface area (Å²) in [6.07, 6.45) is 15.4. The summed E-state index contributed by atoms with van der Waals surface area (Å²) in [5.74, 6) is -0.372. The first-order valence-corrected chi connectivity index (χ1v) is 13.7. The van der Waals surface area contributed by atoms with Gasteiger partial charge in [-0.25, -0.2) is 0 Å². The van der Waals surface area contributed by atoms with Gasteiger partial charge in [-0.05, 0) is 38.5 Å². The van der Waals surface area contributed by atoms with E-state index in [1.165, 1.54) is 39.0 Å². The molecule has 0 aromatic heterocycles. The number of aliphatic hydroxyl groups excluding tert-OH is 5. The molecule has 1 heterocycles. The maximum absolute atomic E-state index is 11.6. The predicted octanol–water partition coefficient (Wildman–Crippen LogP) is 2.26. The van der Waals surface area contributed by atoms with Crippen LogP contribution in [0.1, 0.15) is 78.1 Å². The van der Waals surface area contributed by atoms with Crippen LogP contribution >= 0.6 is 0 Å². The van der Waals surface area contributed by atoms with E-state index in [0.29, 0.717) is 0 Å². The fourth-order valence-electron chi connectivity index (χ4n) is 3.98. The van der Waals surface area contributed by atoms with Gasteiger partial charge in [0.25, 0.3) is 0 Å². The van der Waals surface area contributed by atoms with E-state index in [1.807, 2.05) is 6.08 Å². The number of carbonyl (C=O) groups excluding carboxylic acids is 1. The molecule has 0 aromatic rings. The number of unbranched alkanes of at least 4 members (excludes halogenated alkanes) is 7. The molecule has 9 nitrogen and oxygen atoms in total. The minimum absolute atomic E-state index is 0.222. The number of hydrogen-bond donors (Lipinski definition) is 6. The van der Waals surface area contributed by atoms with E-state index in [1.54, 1.807) is 6.08 Å². The molecule has 1 aliphatic heterocycles. The molecule has 6 N–H and O–H groups in total. The number of carbonyl (C=O) groups is 1. The van der Waals surface area contributed by atoms with Gasteiger partial charge in [0.1, 0.15) is 24.4 Å². The van der Waals surface area contributed by atoms with Crippen molar-refractivity contribution in [3.05, 3.63) is 36.5 Å². The third kappa shape index (κ3) is 14.2. The zero-order chi connectivity index (χ0) is 27.5. The number of nitrogens with one attached hydrogen (secondary N) is 1. The Balaban J connectivity index is 2.34. The van der Waals surface area contributed by atoms with Crippen molar-refractivity contribution < 1.29 is 39.8 Å². The lowest BCUT2D eigenvalue weighted by Gasteiger charge is -2.40. The molecule has 7 unspecified atom stereocenters. The Kier molecular flexibility index (Phi) is 18.4. The SMILES string of the molecule is CCCCCCC/C=C/CC/C=C/CC/C=C/C(O)C(COC1OC(CO)C(O)C(O)C1O)NC(C)=O. The maximum atomic E-state index is 11.6. The lowest BCUT2D eigenvalue weighted by atomic mass is 9.99. The normalized spacial score (nSPS) is 26.3. The highest BCUT2D eigenvalue weighted by molar-refractivity contribution is 5.73. The first kappa shape index (κ1) is 33.4. The molecule has 1 rings (SSSR count). The van der Waals surface area contributed by atoms with Crippen LogP contribution in [-0.4, -0.2) is 87.5 Å². The zero-order valence-electron chi connectivity index (χ0n) is 22.5. The van der Waals surface area contributed by atoms with Crippen LogP contribution in [0.2, 0.25) is 0 Å². The Morgan fingerprint density at radius 1 is 0.892 bits per heavy atom. The van der Waals surface area contributed by atoms with E-state index in [4.69, 9.17) is 9.47 Å². The second-order valence-electron chi connectivity index (χ2n) is 9.56. The van der Waals surface area contributed by atoms with Gasteiger partial charge in [0, 0.05) is 6.92 Å². The van der Waals surface area contributed by atoms with Crippen LogP contribution in [0.3, 0.4) is 0 Å². The van der Waals surface area contributed by atoms with Gasteiger partial charge < -0.3 is 40.3 Å². The van der Waals surface area contributed by atoms with E-state index < -0.39 is 49.5 Å². The first-order chi connectivity index (χ1) is 17.8. The number of aliphatic hydroxyl groups is 5. The number of ether oxygens (including phenoxy) is 2. The smallest absolute Gasteiger partial charge is 0.217 e. The summed E-state index contributed by atoms with van der Waals surface area (Å²) in [6, 6.07) is -0.824. The lowest BCUT2D eigenvalue weighted by molar-refractivity contribution is -0.302. The molecule has 1 amide bonds. The van der Waals surface area contributed by atoms with Gasteiger partial charge in [-0.3, -0.25) is 4.79 Å². The number of hydrogen-bond acceptors (Lipinski definition) is 8. The van der Waals surface area contributed by atoms with Crippen LogP contribution in [0.4, 0.5) is 0 Å². The summed E-state index contributed by atoms with van der Waals surface area (Å²) in [4.78, 5) is 11.6. The summed E-state index contributed by atoms with van der Waals surface area (Å²) in [6.45, 7) is 2.74. The molecule has 37 heavy (non-hydrogen) atoms. The minimum atomic E-state index is -1.57. The number of allylic oxidation sites excluding steroid dienone is 5. The van der Waals surface area contributed by atoms with Crippen molar-refractivity contribution in [1.29, 1.82) is 0 Å². The summed E-state index contributed by atoms with van der Waals surface area (Å²) in [5, 5.41) is 52.2. The molecule has 1 aliphatic rings. The minimum Gasteiger partial charge on any atom is -0.394 e. The topological polar surface area (TPSA) is 149 Å². The molecule has 0 spiro atoms. The third-order valence-corrected chi connectivity index (χ3v) is 6.23. The van der Waals surface area contributed by atoms with E-state index in [0.717, 1.165) is 32.1 Å². The molecule has 0 bridgehead atoms. The molecule has 0 aliphatic carbocycles. The Morgan fingerprint density at radius 2 is 1.49 bits per heavy atom. The molecule has 1 saturated heterocycles. The predicted molar refractivity (Wildman–Crippen MR) is 143 cm³/mol. The van der Waals surface area contributed by atoms with Gasteiger partial charge >= 0.3 is 0 Å². The third-order valence-electron chi connectivity index (χ3n) is 6.23. The standard InChI is InChI=1S/C28H49NO8/c1-3-4-5-6-7-8-9-10-11-12-13-14-15-16-17-18-23(32)22(29-21(2)31)20-36-28-27(35)26(34)25(33)24(19-30)37-28/h9-10,13-14,17-18,22-28,30,32-35H,3-8,11-12,15-16,19-20H2,1-2H3,(H,29,31)/b10-9+,14-13+,18-17+. The van der Waals surface area contributed by atoms with Crippen LogP contribution in [0.15, 0.2) is 36.5 Å². The van der Waals surface area contributed by atoms with Crippen LogP contribution in [0.25, 0.3) is 0 Å². The molecular formula is C28H49NO8. The van der Waals surface area contributed by atoms with Gasteiger partial charge in [-0.2, -0.15) is 0 Å². The van der Waals surface area contributed by atoms with Crippen molar-refractivity contribution in [3.8, 4) is 0 Å². The summed E-state index contributed by atoms with van der Waals surface area (Å²) < 4.78 is 10.8. The molecule has 0 radical (unpaired) electrons.